The quantitative estimate of drug-likeness (QED) is 0.521. The normalized spacial score (nSPS) is 11.1. The summed E-state index contributed by atoms with van der Waals surface area (Å²) in [6.45, 7) is 2.02. The lowest BCUT2D eigenvalue weighted by molar-refractivity contribution is -0.117. The molecule has 1 aromatic heterocycles. The minimum atomic E-state index is -0.503. The van der Waals surface area contributed by atoms with Gasteiger partial charge in [0, 0.05) is 12.1 Å². The number of hydrogen-bond acceptors (Lipinski definition) is 3. The van der Waals surface area contributed by atoms with Crippen molar-refractivity contribution in [3.8, 4) is 11.8 Å². The molecule has 0 radical (unpaired) electrons. The van der Waals surface area contributed by atoms with Crippen molar-refractivity contribution in [1.82, 2.24) is 15.1 Å². The Bertz CT molecular complexity index is 1070. The zero-order valence-corrected chi connectivity index (χ0v) is 15.7. The highest BCUT2D eigenvalue weighted by Crippen LogP contribution is 2.26. The fourth-order valence-electron chi connectivity index (χ4n) is 2.59. The smallest absolute Gasteiger partial charge is 0.262 e. The number of aryl methyl sites for hydroxylation is 1. The van der Waals surface area contributed by atoms with E-state index in [-0.39, 0.29) is 16.5 Å². The van der Waals surface area contributed by atoms with E-state index in [1.165, 1.54) is 22.9 Å². The lowest BCUT2D eigenvalue weighted by Crippen LogP contribution is -2.23. The highest BCUT2D eigenvalue weighted by Gasteiger charge is 2.16. The van der Waals surface area contributed by atoms with Crippen molar-refractivity contribution in [2.45, 2.75) is 13.5 Å². The third-order valence-corrected chi connectivity index (χ3v) is 4.43. The van der Waals surface area contributed by atoms with Crippen molar-refractivity contribution >= 4 is 23.6 Å². The SMILES string of the molecule is Cc1nn(-c2ccc(F)cc2)c(Cl)c1/C=C(/C#N)C(=O)NCc1ccccc1. The lowest BCUT2D eigenvalue weighted by atomic mass is 10.1. The van der Waals surface area contributed by atoms with Crippen LogP contribution in [-0.4, -0.2) is 15.7 Å². The van der Waals surface area contributed by atoms with Crippen LogP contribution in [0, 0.1) is 24.1 Å². The second-order valence-corrected chi connectivity index (χ2v) is 6.37. The molecule has 0 unspecified atom stereocenters. The van der Waals surface area contributed by atoms with Crippen LogP contribution in [0.1, 0.15) is 16.8 Å². The Morgan fingerprint density at radius 1 is 1.25 bits per heavy atom. The monoisotopic (exact) mass is 394 g/mol. The Morgan fingerprint density at radius 2 is 1.93 bits per heavy atom. The first-order valence-electron chi connectivity index (χ1n) is 8.44. The van der Waals surface area contributed by atoms with Gasteiger partial charge in [-0.2, -0.15) is 10.4 Å². The van der Waals surface area contributed by atoms with Crippen LogP contribution in [0.25, 0.3) is 11.8 Å². The van der Waals surface area contributed by atoms with Crippen LogP contribution in [0.15, 0.2) is 60.2 Å². The molecule has 1 N–H and O–H groups in total. The number of benzene rings is 2. The molecule has 28 heavy (non-hydrogen) atoms. The maximum Gasteiger partial charge on any atom is 0.262 e. The molecule has 0 aliphatic rings. The molecule has 5 nitrogen and oxygen atoms in total. The highest BCUT2D eigenvalue weighted by molar-refractivity contribution is 6.31. The molecule has 0 saturated heterocycles. The van der Waals surface area contributed by atoms with Crippen LogP contribution >= 0.6 is 11.6 Å². The molecule has 0 atom stereocenters. The average molecular weight is 395 g/mol. The molecule has 0 bridgehead atoms. The van der Waals surface area contributed by atoms with E-state index in [1.807, 2.05) is 36.4 Å². The topological polar surface area (TPSA) is 70.7 Å². The summed E-state index contributed by atoms with van der Waals surface area (Å²) in [6.07, 6.45) is 1.41. The summed E-state index contributed by atoms with van der Waals surface area (Å²) >= 11 is 6.40. The first-order chi connectivity index (χ1) is 13.5. The second-order valence-electron chi connectivity index (χ2n) is 6.02. The van der Waals surface area contributed by atoms with Crippen molar-refractivity contribution < 1.29 is 9.18 Å². The Balaban J connectivity index is 1.85. The van der Waals surface area contributed by atoms with Gasteiger partial charge in [0.1, 0.15) is 22.6 Å². The van der Waals surface area contributed by atoms with Gasteiger partial charge in [0.05, 0.1) is 11.4 Å². The summed E-state index contributed by atoms with van der Waals surface area (Å²) in [6, 6.07) is 17.0. The number of rotatable bonds is 5. The molecular formula is C21H16ClFN4O. The molecule has 140 valence electrons. The van der Waals surface area contributed by atoms with Gasteiger partial charge >= 0.3 is 0 Å². The summed E-state index contributed by atoms with van der Waals surface area (Å²) in [5, 5.41) is 16.7. The van der Waals surface area contributed by atoms with E-state index in [9.17, 15) is 14.4 Å². The van der Waals surface area contributed by atoms with E-state index < -0.39 is 5.91 Å². The molecule has 2 aromatic carbocycles. The molecule has 1 amide bonds. The molecular weight excluding hydrogens is 379 g/mol. The second kappa shape index (κ2) is 8.51. The van der Waals surface area contributed by atoms with Crippen LogP contribution in [0.4, 0.5) is 4.39 Å². The standard InChI is InChI=1S/C21H16ClFN4O/c1-14-19(20(22)27(26-14)18-9-7-17(23)8-10-18)11-16(12-24)21(28)25-13-15-5-3-2-4-6-15/h2-11H,13H2,1H3,(H,25,28)/b16-11-. The average Bonchev–Trinajstić information content (AvgIpc) is 2.99. The fourth-order valence-corrected chi connectivity index (χ4v) is 2.92. The number of nitriles is 1. The minimum absolute atomic E-state index is 0.0837. The number of halogens is 2. The van der Waals surface area contributed by atoms with Gasteiger partial charge in [-0.1, -0.05) is 41.9 Å². The zero-order chi connectivity index (χ0) is 20.1. The van der Waals surface area contributed by atoms with Crippen molar-refractivity contribution in [3.63, 3.8) is 0 Å². The van der Waals surface area contributed by atoms with E-state index in [2.05, 4.69) is 10.4 Å². The number of hydrogen-bond donors (Lipinski definition) is 1. The zero-order valence-electron chi connectivity index (χ0n) is 15.0. The summed E-state index contributed by atoms with van der Waals surface area (Å²) in [7, 11) is 0. The molecule has 0 aliphatic carbocycles. The predicted molar refractivity (Wildman–Crippen MR) is 105 cm³/mol. The maximum atomic E-state index is 13.1. The van der Waals surface area contributed by atoms with Gasteiger partial charge < -0.3 is 5.32 Å². The van der Waals surface area contributed by atoms with Crippen molar-refractivity contribution in [3.05, 3.63) is 88.0 Å². The van der Waals surface area contributed by atoms with Crippen molar-refractivity contribution in [2.24, 2.45) is 0 Å². The molecule has 3 aromatic rings. The van der Waals surface area contributed by atoms with Gasteiger partial charge in [-0.25, -0.2) is 9.07 Å². The molecule has 0 saturated carbocycles. The van der Waals surface area contributed by atoms with Gasteiger partial charge in [0.15, 0.2) is 0 Å². The Kier molecular flexibility index (Phi) is 5.87. The third-order valence-electron chi connectivity index (χ3n) is 4.07. The summed E-state index contributed by atoms with van der Waals surface area (Å²) in [5.74, 6) is -0.873. The van der Waals surface area contributed by atoms with Crippen LogP contribution in [0.5, 0.6) is 0 Å². The molecule has 0 aliphatic heterocycles. The number of carbonyl (C=O) groups excluding carboxylic acids is 1. The van der Waals surface area contributed by atoms with E-state index in [4.69, 9.17) is 11.6 Å². The Hall–Kier alpha value is -3.43. The highest BCUT2D eigenvalue weighted by atomic mass is 35.5. The molecule has 0 spiro atoms. The minimum Gasteiger partial charge on any atom is -0.347 e. The number of aromatic nitrogens is 2. The van der Waals surface area contributed by atoms with Crippen molar-refractivity contribution in [2.75, 3.05) is 0 Å². The summed E-state index contributed by atoms with van der Waals surface area (Å²) in [5.41, 5.74) is 2.41. The van der Waals surface area contributed by atoms with E-state index in [0.717, 1.165) is 5.56 Å². The van der Waals surface area contributed by atoms with Gasteiger partial charge in [0.25, 0.3) is 5.91 Å². The van der Waals surface area contributed by atoms with E-state index in [0.29, 0.717) is 23.5 Å². The molecule has 0 fully saturated rings. The molecule has 1 heterocycles. The number of nitrogens with one attached hydrogen (secondary N) is 1. The van der Waals surface area contributed by atoms with Crippen LogP contribution < -0.4 is 5.32 Å². The van der Waals surface area contributed by atoms with Crippen molar-refractivity contribution in [1.29, 1.82) is 5.26 Å². The lowest BCUT2D eigenvalue weighted by Gasteiger charge is -2.05. The van der Waals surface area contributed by atoms with Crippen LogP contribution in [0.2, 0.25) is 5.15 Å². The van der Waals surface area contributed by atoms with Gasteiger partial charge in [-0.15, -0.1) is 0 Å². The Labute approximate surface area is 166 Å². The van der Waals surface area contributed by atoms with Gasteiger partial charge in [0.2, 0.25) is 0 Å². The van der Waals surface area contributed by atoms with Crippen LogP contribution in [-0.2, 0) is 11.3 Å². The first kappa shape index (κ1) is 19.3. The molecule has 7 heteroatoms. The third kappa shape index (κ3) is 4.27. The summed E-state index contributed by atoms with van der Waals surface area (Å²) < 4.78 is 14.6. The number of nitrogens with zero attached hydrogens (tertiary/aromatic N) is 3. The maximum absolute atomic E-state index is 13.1. The van der Waals surface area contributed by atoms with E-state index >= 15 is 0 Å². The van der Waals surface area contributed by atoms with Crippen LogP contribution in [0.3, 0.4) is 0 Å². The van der Waals surface area contributed by atoms with E-state index in [1.54, 1.807) is 19.1 Å². The summed E-state index contributed by atoms with van der Waals surface area (Å²) in [4.78, 5) is 12.4. The fraction of sp³-hybridized carbons (Fsp3) is 0.0952. The van der Waals surface area contributed by atoms with Gasteiger partial charge in [-0.3, -0.25) is 4.79 Å². The largest absolute Gasteiger partial charge is 0.347 e. The first-order valence-corrected chi connectivity index (χ1v) is 8.82. The predicted octanol–water partition coefficient (Wildman–Crippen LogP) is 4.20. The molecule has 3 rings (SSSR count). The number of amides is 1. The Morgan fingerprint density at radius 3 is 2.57 bits per heavy atom. The van der Waals surface area contributed by atoms with Gasteiger partial charge in [-0.05, 0) is 42.8 Å². The number of carbonyl (C=O) groups is 1.